The Hall–Kier alpha value is -2.61. The van der Waals surface area contributed by atoms with Crippen LogP contribution < -0.4 is 9.62 Å². The molecule has 0 spiro atoms. The number of halogens is 1. The van der Waals surface area contributed by atoms with Crippen LogP contribution in [-0.2, 0) is 10.0 Å². The Kier molecular flexibility index (Phi) is 6.20. The molecule has 0 atom stereocenters. The van der Waals surface area contributed by atoms with Crippen molar-refractivity contribution in [2.45, 2.75) is 24.7 Å². The van der Waals surface area contributed by atoms with E-state index in [0.29, 0.717) is 12.2 Å². The number of rotatable bonds is 8. The Labute approximate surface area is 152 Å². The number of carboxylic acids is 1. The van der Waals surface area contributed by atoms with E-state index in [4.69, 9.17) is 0 Å². The van der Waals surface area contributed by atoms with Gasteiger partial charge in [-0.2, -0.15) is 0 Å². The van der Waals surface area contributed by atoms with Crippen molar-refractivity contribution in [1.29, 1.82) is 0 Å². The first kappa shape index (κ1) is 19.7. The molecule has 8 heteroatoms. The summed E-state index contributed by atoms with van der Waals surface area (Å²) in [5, 5.41) is 9.46. The van der Waals surface area contributed by atoms with E-state index in [1.165, 1.54) is 12.1 Å². The van der Waals surface area contributed by atoms with E-state index in [0.717, 1.165) is 37.1 Å². The molecule has 0 saturated heterocycles. The summed E-state index contributed by atoms with van der Waals surface area (Å²) in [7, 11) is -2.15. The maximum absolute atomic E-state index is 13.0. The average molecular weight is 380 g/mol. The number of nitrogens with one attached hydrogen (secondary N) is 1. The monoisotopic (exact) mass is 380 g/mol. The van der Waals surface area contributed by atoms with Crippen LogP contribution in [0.3, 0.4) is 0 Å². The number of carboxylic acid groups (broad SMARTS) is 1. The minimum absolute atomic E-state index is 0.00269. The van der Waals surface area contributed by atoms with Gasteiger partial charge in [-0.05, 0) is 48.9 Å². The van der Waals surface area contributed by atoms with Gasteiger partial charge in [0.25, 0.3) is 10.0 Å². The molecule has 140 valence electrons. The second kappa shape index (κ2) is 8.18. The SMILES string of the molecule is CCCCN(C)c1ccc(NS(=O)(=O)c2ccc(F)cc2)cc1C(=O)O. The summed E-state index contributed by atoms with van der Waals surface area (Å²) < 4.78 is 40.0. The fourth-order valence-corrected chi connectivity index (χ4v) is 3.50. The molecule has 26 heavy (non-hydrogen) atoms. The lowest BCUT2D eigenvalue weighted by molar-refractivity contribution is 0.0697. The summed E-state index contributed by atoms with van der Waals surface area (Å²) >= 11 is 0. The van der Waals surface area contributed by atoms with Gasteiger partial charge < -0.3 is 10.0 Å². The molecule has 0 heterocycles. The standard InChI is InChI=1S/C18H21FN2O4S/c1-3-4-11-21(2)17-10-7-14(12-16(17)18(22)23)20-26(24,25)15-8-5-13(19)6-9-15/h5-10,12,20H,3-4,11H2,1-2H3,(H,22,23). The van der Waals surface area contributed by atoms with Gasteiger partial charge in [-0.15, -0.1) is 0 Å². The van der Waals surface area contributed by atoms with E-state index in [2.05, 4.69) is 4.72 Å². The van der Waals surface area contributed by atoms with Crippen molar-refractivity contribution < 1.29 is 22.7 Å². The Bertz CT molecular complexity index is 883. The lowest BCUT2D eigenvalue weighted by Crippen LogP contribution is -2.21. The van der Waals surface area contributed by atoms with Crippen molar-refractivity contribution in [3.05, 3.63) is 53.8 Å². The largest absolute Gasteiger partial charge is 0.478 e. The number of nitrogens with zero attached hydrogens (tertiary/aromatic N) is 1. The van der Waals surface area contributed by atoms with Crippen LogP contribution in [0.5, 0.6) is 0 Å². The van der Waals surface area contributed by atoms with Gasteiger partial charge >= 0.3 is 5.97 Å². The quantitative estimate of drug-likeness (QED) is 0.731. The number of hydrogen-bond donors (Lipinski definition) is 2. The summed E-state index contributed by atoms with van der Waals surface area (Å²) in [6, 6.07) is 8.73. The van der Waals surface area contributed by atoms with Crippen LogP contribution in [0, 0.1) is 5.82 Å². The molecule has 2 aromatic rings. The molecule has 0 aliphatic heterocycles. The first-order valence-corrected chi connectivity index (χ1v) is 9.60. The van der Waals surface area contributed by atoms with Gasteiger partial charge in [0, 0.05) is 19.3 Å². The van der Waals surface area contributed by atoms with Crippen molar-refractivity contribution in [3.63, 3.8) is 0 Å². The number of sulfonamides is 1. The molecule has 0 amide bonds. The third-order valence-corrected chi connectivity index (χ3v) is 5.26. The van der Waals surface area contributed by atoms with Crippen LogP contribution >= 0.6 is 0 Å². The van der Waals surface area contributed by atoms with Gasteiger partial charge in [0.05, 0.1) is 16.1 Å². The zero-order valence-electron chi connectivity index (χ0n) is 14.6. The highest BCUT2D eigenvalue weighted by molar-refractivity contribution is 7.92. The van der Waals surface area contributed by atoms with Crippen molar-refractivity contribution in [2.24, 2.45) is 0 Å². The average Bonchev–Trinajstić information content (AvgIpc) is 2.59. The second-order valence-corrected chi connectivity index (χ2v) is 7.55. The molecule has 0 fully saturated rings. The lowest BCUT2D eigenvalue weighted by atomic mass is 10.1. The first-order valence-electron chi connectivity index (χ1n) is 8.11. The zero-order valence-corrected chi connectivity index (χ0v) is 15.4. The molecule has 6 nitrogen and oxygen atoms in total. The summed E-state index contributed by atoms with van der Waals surface area (Å²) in [4.78, 5) is 13.3. The molecule has 2 N–H and O–H groups in total. The predicted octanol–water partition coefficient (Wildman–Crippen LogP) is 3.56. The fraction of sp³-hybridized carbons (Fsp3) is 0.278. The van der Waals surface area contributed by atoms with Crippen LogP contribution in [0.25, 0.3) is 0 Å². The topological polar surface area (TPSA) is 86.7 Å². The number of anilines is 2. The smallest absolute Gasteiger partial charge is 0.337 e. The third kappa shape index (κ3) is 4.72. The highest BCUT2D eigenvalue weighted by Crippen LogP contribution is 2.26. The fourth-order valence-electron chi connectivity index (χ4n) is 2.45. The lowest BCUT2D eigenvalue weighted by Gasteiger charge is -2.21. The van der Waals surface area contributed by atoms with Gasteiger partial charge in [0.15, 0.2) is 0 Å². The number of carbonyl (C=O) groups is 1. The maximum atomic E-state index is 13.0. The van der Waals surface area contributed by atoms with E-state index < -0.39 is 21.8 Å². The molecule has 0 radical (unpaired) electrons. The summed E-state index contributed by atoms with van der Waals surface area (Å²) in [6.07, 6.45) is 1.89. The molecule has 0 aliphatic carbocycles. The van der Waals surface area contributed by atoms with E-state index in [1.807, 2.05) is 11.8 Å². The first-order chi connectivity index (χ1) is 12.2. The van der Waals surface area contributed by atoms with Crippen molar-refractivity contribution in [2.75, 3.05) is 23.2 Å². The molecular weight excluding hydrogens is 359 g/mol. The van der Waals surface area contributed by atoms with Crippen molar-refractivity contribution in [1.82, 2.24) is 0 Å². The molecule has 0 aromatic heterocycles. The third-order valence-electron chi connectivity index (χ3n) is 3.86. The van der Waals surface area contributed by atoms with Gasteiger partial charge in [0.2, 0.25) is 0 Å². The summed E-state index contributed by atoms with van der Waals surface area (Å²) in [5.41, 5.74) is 0.637. The molecule has 0 bridgehead atoms. The zero-order chi connectivity index (χ0) is 19.3. The minimum atomic E-state index is -3.94. The molecule has 0 aliphatic rings. The minimum Gasteiger partial charge on any atom is -0.478 e. The van der Waals surface area contributed by atoms with Gasteiger partial charge in [-0.3, -0.25) is 4.72 Å². The molecule has 0 unspecified atom stereocenters. The molecule has 2 rings (SSSR count). The second-order valence-electron chi connectivity index (χ2n) is 5.87. The summed E-state index contributed by atoms with van der Waals surface area (Å²) in [5.74, 6) is -1.69. The summed E-state index contributed by atoms with van der Waals surface area (Å²) in [6.45, 7) is 2.73. The molecule has 2 aromatic carbocycles. The van der Waals surface area contributed by atoms with Crippen molar-refractivity contribution in [3.8, 4) is 0 Å². The highest BCUT2D eigenvalue weighted by atomic mass is 32.2. The number of hydrogen-bond acceptors (Lipinski definition) is 4. The van der Waals surface area contributed by atoms with Crippen LogP contribution in [-0.4, -0.2) is 33.1 Å². The van der Waals surface area contributed by atoms with Crippen LogP contribution in [0.2, 0.25) is 0 Å². The molecular formula is C18H21FN2O4S. The maximum Gasteiger partial charge on any atom is 0.337 e. The van der Waals surface area contributed by atoms with E-state index in [-0.39, 0.29) is 16.1 Å². The Morgan fingerprint density at radius 2 is 1.85 bits per heavy atom. The predicted molar refractivity (Wildman–Crippen MR) is 98.8 cm³/mol. The van der Waals surface area contributed by atoms with Gasteiger partial charge in [0.1, 0.15) is 5.82 Å². The van der Waals surface area contributed by atoms with Crippen molar-refractivity contribution >= 4 is 27.4 Å². The van der Waals surface area contributed by atoms with Gasteiger partial charge in [-0.1, -0.05) is 13.3 Å². The van der Waals surface area contributed by atoms with E-state index in [9.17, 15) is 22.7 Å². The van der Waals surface area contributed by atoms with E-state index in [1.54, 1.807) is 13.1 Å². The number of benzene rings is 2. The number of aromatic carboxylic acids is 1. The Morgan fingerprint density at radius 1 is 1.19 bits per heavy atom. The Balaban J connectivity index is 2.31. The van der Waals surface area contributed by atoms with Crippen LogP contribution in [0.4, 0.5) is 15.8 Å². The number of unbranched alkanes of at least 4 members (excludes halogenated alkanes) is 1. The van der Waals surface area contributed by atoms with Crippen LogP contribution in [0.1, 0.15) is 30.1 Å². The Morgan fingerprint density at radius 3 is 2.42 bits per heavy atom. The normalized spacial score (nSPS) is 11.2. The van der Waals surface area contributed by atoms with Crippen LogP contribution in [0.15, 0.2) is 47.4 Å². The highest BCUT2D eigenvalue weighted by Gasteiger charge is 2.18. The van der Waals surface area contributed by atoms with E-state index >= 15 is 0 Å². The van der Waals surface area contributed by atoms with Gasteiger partial charge in [-0.25, -0.2) is 17.6 Å². The molecule has 0 saturated carbocycles.